The van der Waals surface area contributed by atoms with Crippen LogP contribution in [0.4, 0.5) is 22.0 Å². The Kier molecular flexibility index (Phi) is 5.51. The molecular formula is C25H22N6O3S. The highest BCUT2D eigenvalue weighted by Gasteiger charge is 2.33. The smallest absolute Gasteiger partial charge is 0.332 e. The molecule has 0 saturated carbocycles. The molecule has 5 heterocycles. The molecule has 35 heavy (non-hydrogen) atoms. The van der Waals surface area contributed by atoms with Gasteiger partial charge in [-0.3, -0.25) is 4.79 Å². The third kappa shape index (κ3) is 4.07. The summed E-state index contributed by atoms with van der Waals surface area (Å²) in [5, 5.41) is 10.0. The molecule has 176 valence electrons. The molecule has 1 atom stereocenters. The topological polar surface area (TPSA) is 108 Å². The predicted molar refractivity (Wildman–Crippen MR) is 135 cm³/mol. The second-order valence-corrected chi connectivity index (χ2v) is 9.35. The monoisotopic (exact) mass is 486 g/mol. The quantitative estimate of drug-likeness (QED) is 0.379. The van der Waals surface area contributed by atoms with Gasteiger partial charge in [0.05, 0.1) is 16.8 Å². The molecule has 4 aromatic rings. The number of benzene rings is 1. The number of rotatable bonds is 5. The van der Waals surface area contributed by atoms with Gasteiger partial charge < -0.3 is 20.7 Å². The van der Waals surface area contributed by atoms with Crippen LogP contribution >= 0.6 is 11.3 Å². The van der Waals surface area contributed by atoms with E-state index in [1.165, 1.54) is 16.2 Å². The van der Waals surface area contributed by atoms with Gasteiger partial charge in [0.15, 0.2) is 0 Å². The van der Waals surface area contributed by atoms with E-state index in [2.05, 4.69) is 25.9 Å². The fourth-order valence-corrected chi connectivity index (χ4v) is 5.41. The molecule has 0 radical (unpaired) electrons. The second-order valence-electron chi connectivity index (χ2n) is 8.35. The molecule has 10 heteroatoms. The Hall–Kier alpha value is -4.02. The number of carbonyl (C=O) groups excluding carboxylic acids is 2. The van der Waals surface area contributed by atoms with Gasteiger partial charge in [0.2, 0.25) is 5.88 Å². The van der Waals surface area contributed by atoms with E-state index >= 15 is 0 Å². The number of piperidine rings is 1. The summed E-state index contributed by atoms with van der Waals surface area (Å²) < 4.78 is 5.86. The van der Waals surface area contributed by atoms with E-state index in [0.29, 0.717) is 38.5 Å². The number of thiophene rings is 1. The first kappa shape index (κ1) is 21.5. The van der Waals surface area contributed by atoms with Crippen molar-refractivity contribution < 1.29 is 14.3 Å². The highest BCUT2D eigenvalue weighted by molar-refractivity contribution is 7.21. The van der Waals surface area contributed by atoms with Crippen LogP contribution in [0.1, 0.15) is 22.5 Å². The first-order valence-electron chi connectivity index (χ1n) is 11.4. The van der Waals surface area contributed by atoms with Gasteiger partial charge in [-0.2, -0.15) is 4.98 Å². The van der Waals surface area contributed by atoms with Crippen LogP contribution in [0, 0.1) is 0 Å². The van der Waals surface area contributed by atoms with Crippen LogP contribution in [-0.4, -0.2) is 41.0 Å². The summed E-state index contributed by atoms with van der Waals surface area (Å²) in [7, 11) is 0. The van der Waals surface area contributed by atoms with E-state index in [1.54, 1.807) is 30.5 Å². The number of ether oxygens (including phenoxy) is 1. The minimum atomic E-state index is -0.402. The lowest BCUT2D eigenvalue weighted by atomic mass is 10.1. The lowest BCUT2D eigenvalue weighted by Gasteiger charge is -2.28. The molecule has 9 nitrogen and oxygen atoms in total. The standard InChI is InChI=1S/C25H22N6O3S/c32-23(28-15-6-5-12-26-14-15)22-21-20-17(11-13-27-24(20)35-22)31(25(33)30-21)18-9-4-10-19(29-18)34-16-7-2-1-3-8-16/h1-4,7-11,13,15,26H,5-6,12,14H2,(H,28,32)(H,30,33)/t15-/m1/s1. The number of hydrogen-bond donors (Lipinski definition) is 3. The molecular weight excluding hydrogens is 464 g/mol. The minimum Gasteiger partial charge on any atom is -0.439 e. The predicted octanol–water partition coefficient (Wildman–Crippen LogP) is 4.65. The average Bonchev–Trinajstić information content (AvgIpc) is 3.25. The van der Waals surface area contributed by atoms with Gasteiger partial charge >= 0.3 is 6.03 Å². The van der Waals surface area contributed by atoms with E-state index < -0.39 is 6.03 Å². The SMILES string of the molecule is O=C(N[C@@H]1CCCNC1)c1sc2nccc3c2c1NC(=O)N3c1cccc(Oc2ccccc2)n1. The highest BCUT2D eigenvalue weighted by Crippen LogP contribution is 2.45. The lowest BCUT2D eigenvalue weighted by molar-refractivity contribution is 0.0935. The summed E-state index contributed by atoms with van der Waals surface area (Å²) >= 11 is 1.27. The zero-order chi connectivity index (χ0) is 23.8. The summed E-state index contributed by atoms with van der Waals surface area (Å²) in [6.45, 7) is 1.70. The molecule has 0 aliphatic carbocycles. The molecule has 1 fully saturated rings. The van der Waals surface area contributed by atoms with Crippen molar-refractivity contribution in [2.75, 3.05) is 23.3 Å². The van der Waals surface area contributed by atoms with E-state index in [1.807, 2.05) is 30.3 Å². The van der Waals surface area contributed by atoms with Crippen LogP contribution in [0.15, 0.2) is 60.8 Å². The summed E-state index contributed by atoms with van der Waals surface area (Å²) in [4.78, 5) is 38.1. The maximum absolute atomic E-state index is 13.3. The number of amides is 3. The van der Waals surface area contributed by atoms with Gasteiger partial charge in [0.1, 0.15) is 21.3 Å². The van der Waals surface area contributed by atoms with Crippen LogP contribution in [0.5, 0.6) is 11.6 Å². The van der Waals surface area contributed by atoms with E-state index in [4.69, 9.17) is 4.74 Å². The number of anilines is 3. The van der Waals surface area contributed by atoms with E-state index in [-0.39, 0.29) is 11.9 Å². The maximum Gasteiger partial charge on any atom is 0.332 e. The van der Waals surface area contributed by atoms with Gasteiger partial charge in [-0.15, -0.1) is 11.3 Å². The molecule has 0 bridgehead atoms. The average molecular weight is 487 g/mol. The largest absolute Gasteiger partial charge is 0.439 e. The molecule has 3 amide bonds. The van der Waals surface area contributed by atoms with Gasteiger partial charge in [-0.05, 0) is 43.7 Å². The van der Waals surface area contributed by atoms with E-state index in [9.17, 15) is 9.59 Å². The Morgan fingerprint density at radius 1 is 1.14 bits per heavy atom. The van der Waals surface area contributed by atoms with Crippen LogP contribution < -0.4 is 25.6 Å². The fraction of sp³-hybridized carbons (Fsp3) is 0.200. The Morgan fingerprint density at radius 3 is 2.86 bits per heavy atom. The van der Waals surface area contributed by atoms with Gasteiger partial charge in [-0.25, -0.2) is 14.7 Å². The van der Waals surface area contributed by atoms with Crippen LogP contribution in [-0.2, 0) is 0 Å². The summed E-state index contributed by atoms with van der Waals surface area (Å²) in [5.41, 5.74) is 1.11. The molecule has 1 aromatic carbocycles. The normalized spacial score (nSPS) is 17.2. The zero-order valence-electron chi connectivity index (χ0n) is 18.7. The van der Waals surface area contributed by atoms with Crippen molar-refractivity contribution in [3.05, 3.63) is 65.7 Å². The van der Waals surface area contributed by atoms with Crippen LogP contribution in [0.3, 0.4) is 0 Å². The summed E-state index contributed by atoms with van der Waals surface area (Å²) in [6, 6.07) is 16.0. The third-order valence-electron chi connectivity index (χ3n) is 5.99. The summed E-state index contributed by atoms with van der Waals surface area (Å²) in [5.74, 6) is 1.21. The number of nitrogens with one attached hydrogen (secondary N) is 3. The molecule has 0 unspecified atom stereocenters. The first-order chi connectivity index (χ1) is 17.2. The number of aromatic nitrogens is 2. The Morgan fingerprint density at radius 2 is 2.03 bits per heavy atom. The number of carbonyl (C=O) groups is 2. The van der Waals surface area contributed by atoms with Crippen LogP contribution in [0.2, 0.25) is 0 Å². The maximum atomic E-state index is 13.3. The molecule has 2 aliphatic rings. The Bertz CT molecular complexity index is 1420. The highest BCUT2D eigenvalue weighted by atomic mass is 32.1. The number of para-hydroxylation sites is 1. The Balaban J connectivity index is 1.35. The van der Waals surface area contributed by atoms with Gasteiger partial charge in [0.25, 0.3) is 5.91 Å². The van der Waals surface area contributed by atoms with Gasteiger partial charge in [0, 0.05) is 24.8 Å². The van der Waals surface area contributed by atoms with E-state index in [0.717, 1.165) is 31.3 Å². The zero-order valence-corrected chi connectivity index (χ0v) is 19.5. The molecule has 0 spiro atoms. The first-order valence-corrected chi connectivity index (χ1v) is 12.2. The van der Waals surface area contributed by atoms with Crippen molar-refractivity contribution in [3.8, 4) is 11.6 Å². The second kappa shape index (κ2) is 8.97. The Labute approximate surface area is 205 Å². The van der Waals surface area contributed by atoms with Crippen LogP contribution in [0.25, 0.3) is 10.2 Å². The van der Waals surface area contributed by atoms with Crippen molar-refractivity contribution >= 4 is 50.7 Å². The van der Waals surface area contributed by atoms with Crippen molar-refractivity contribution in [3.63, 3.8) is 0 Å². The number of urea groups is 1. The molecule has 2 aliphatic heterocycles. The van der Waals surface area contributed by atoms with Crippen molar-refractivity contribution in [1.29, 1.82) is 0 Å². The molecule has 3 N–H and O–H groups in total. The lowest BCUT2D eigenvalue weighted by Crippen LogP contribution is -2.45. The third-order valence-corrected chi connectivity index (χ3v) is 7.08. The molecule has 1 saturated heterocycles. The molecule has 6 rings (SSSR count). The number of nitrogens with zero attached hydrogens (tertiary/aromatic N) is 3. The fourth-order valence-electron chi connectivity index (χ4n) is 4.39. The number of hydrogen-bond acceptors (Lipinski definition) is 7. The minimum absolute atomic E-state index is 0.0634. The van der Waals surface area contributed by atoms with Crippen molar-refractivity contribution in [2.45, 2.75) is 18.9 Å². The number of pyridine rings is 2. The summed E-state index contributed by atoms with van der Waals surface area (Å²) in [6.07, 6.45) is 3.58. The molecule has 3 aromatic heterocycles. The van der Waals surface area contributed by atoms with Gasteiger partial charge in [-0.1, -0.05) is 24.3 Å². The van der Waals surface area contributed by atoms with Crippen molar-refractivity contribution in [2.24, 2.45) is 0 Å². The van der Waals surface area contributed by atoms with Crippen molar-refractivity contribution in [1.82, 2.24) is 20.6 Å².